The van der Waals surface area contributed by atoms with Crippen LogP contribution in [-0.4, -0.2) is 26.7 Å². The Bertz CT molecular complexity index is 370. The monoisotopic (exact) mass is 203 g/mol. The molecule has 5 nitrogen and oxygen atoms in total. The fraction of sp³-hybridized carbons (Fsp3) is 0.300. The number of nitrogens with one attached hydrogen (secondary N) is 2. The first-order chi connectivity index (χ1) is 7.45. The van der Waals surface area contributed by atoms with Crippen molar-refractivity contribution in [3.8, 4) is 0 Å². The molecule has 15 heavy (non-hydrogen) atoms. The van der Waals surface area contributed by atoms with E-state index in [0.29, 0.717) is 0 Å². The van der Waals surface area contributed by atoms with Gasteiger partial charge in [0.1, 0.15) is 12.2 Å². The third-order valence-corrected chi connectivity index (χ3v) is 2.04. The van der Waals surface area contributed by atoms with Crippen molar-refractivity contribution >= 4 is 0 Å². The molecule has 0 spiro atoms. The second kappa shape index (κ2) is 5.21. The lowest BCUT2D eigenvalue weighted by atomic mass is 10.3. The Labute approximate surface area is 88.0 Å². The number of hydrogen-bond acceptors (Lipinski definition) is 4. The van der Waals surface area contributed by atoms with Crippen molar-refractivity contribution in [1.29, 1.82) is 0 Å². The largest absolute Gasteiger partial charge is 0.311 e. The molecule has 0 fully saturated rings. The Morgan fingerprint density at radius 2 is 2.27 bits per heavy atom. The molecule has 0 amide bonds. The lowest BCUT2D eigenvalue weighted by Gasteiger charge is -2.01. The predicted molar refractivity (Wildman–Crippen MR) is 56.0 cm³/mol. The summed E-state index contributed by atoms with van der Waals surface area (Å²) in [5, 5.41) is 9.89. The maximum atomic E-state index is 4.22. The molecule has 5 heteroatoms. The summed E-state index contributed by atoms with van der Waals surface area (Å²) >= 11 is 0. The summed E-state index contributed by atoms with van der Waals surface area (Å²) in [5.41, 5.74) is 1.05. The van der Waals surface area contributed by atoms with Gasteiger partial charge in [-0.2, -0.15) is 5.10 Å². The quantitative estimate of drug-likeness (QED) is 0.696. The Balaban J connectivity index is 1.68. The third-order valence-electron chi connectivity index (χ3n) is 2.04. The predicted octanol–water partition coefficient (Wildman–Crippen LogP) is 0.532. The molecule has 78 valence electrons. The van der Waals surface area contributed by atoms with Crippen LogP contribution in [0.2, 0.25) is 0 Å². The first-order valence-corrected chi connectivity index (χ1v) is 4.90. The van der Waals surface area contributed by atoms with Crippen LogP contribution in [0, 0.1) is 0 Å². The number of pyridine rings is 1. The van der Waals surface area contributed by atoms with Crippen molar-refractivity contribution in [2.75, 3.05) is 6.54 Å². The van der Waals surface area contributed by atoms with E-state index in [1.165, 1.54) is 6.33 Å². The summed E-state index contributed by atoms with van der Waals surface area (Å²) in [5.74, 6) is 0.906. The molecule has 0 saturated heterocycles. The molecular formula is C10H13N5. The minimum Gasteiger partial charge on any atom is -0.311 e. The van der Waals surface area contributed by atoms with Crippen LogP contribution in [0.3, 0.4) is 0 Å². The summed E-state index contributed by atoms with van der Waals surface area (Å²) < 4.78 is 0. The number of rotatable bonds is 5. The van der Waals surface area contributed by atoms with Crippen molar-refractivity contribution in [2.45, 2.75) is 13.0 Å². The highest BCUT2D eigenvalue weighted by Crippen LogP contribution is 1.92. The van der Waals surface area contributed by atoms with Gasteiger partial charge in [-0.05, 0) is 12.1 Å². The van der Waals surface area contributed by atoms with Gasteiger partial charge in [0.2, 0.25) is 0 Å². The topological polar surface area (TPSA) is 66.5 Å². The molecule has 0 aliphatic carbocycles. The van der Waals surface area contributed by atoms with Gasteiger partial charge in [0.05, 0.1) is 5.69 Å². The maximum Gasteiger partial charge on any atom is 0.137 e. The fourth-order valence-corrected chi connectivity index (χ4v) is 1.28. The Kier molecular flexibility index (Phi) is 3.40. The minimum atomic E-state index is 0.787. The van der Waals surface area contributed by atoms with Crippen LogP contribution in [0.25, 0.3) is 0 Å². The van der Waals surface area contributed by atoms with E-state index in [-0.39, 0.29) is 0 Å². The van der Waals surface area contributed by atoms with E-state index in [1.54, 1.807) is 6.20 Å². The Morgan fingerprint density at radius 3 is 3.00 bits per heavy atom. The Hall–Kier alpha value is -1.75. The van der Waals surface area contributed by atoms with E-state index in [9.17, 15) is 0 Å². The van der Waals surface area contributed by atoms with Gasteiger partial charge in [0, 0.05) is 25.7 Å². The van der Waals surface area contributed by atoms with Crippen LogP contribution in [0.15, 0.2) is 30.7 Å². The molecule has 0 atom stereocenters. The third kappa shape index (κ3) is 3.14. The number of aromatic nitrogens is 4. The molecule has 2 N–H and O–H groups in total. The minimum absolute atomic E-state index is 0.787. The first-order valence-electron chi connectivity index (χ1n) is 4.90. The molecule has 0 aromatic carbocycles. The highest BCUT2D eigenvalue weighted by molar-refractivity contribution is 5.02. The number of H-pyrrole nitrogens is 1. The zero-order chi connectivity index (χ0) is 10.3. The van der Waals surface area contributed by atoms with Crippen molar-refractivity contribution in [2.24, 2.45) is 0 Å². The average molecular weight is 203 g/mol. The smallest absolute Gasteiger partial charge is 0.137 e. The van der Waals surface area contributed by atoms with Crippen LogP contribution in [0.5, 0.6) is 0 Å². The highest BCUT2D eigenvalue weighted by Gasteiger charge is 1.95. The van der Waals surface area contributed by atoms with Gasteiger partial charge in [0.15, 0.2) is 0 Å². The second-order valence-electron chi connectivity index (χ2n) is 3.18. The van der Waals surface area contributed by atoms with Gasteiger partial charge in [0.25, 0.3) is 0 Å². The van der Waals surface area contributed by atoms with Crippen LogP contribution < -0.4 is 5.32 Å². The van der Waals surface area contributed by atoms with E-state index in [2.05, 4.69) is 25.5 Å². The Morgan fingerprint density at radius 1 is 1.27 bits per heavy atom. The standard InChI is InChI=1S/C10H13N5/c1-2-5-12-9(3-1)7-11-6-4-10-13-8-14-15-10/h1-3,5,8,11H,4,6-7H2,(H,13,14,15). The lowest BCUT2D eigenvalue weighted by Crippen LogP contribution is -2.17. The average Bonchev–Trinajstić information content (AvgIpc) is 2.79. The van der Waals surface area contributed by atoms with Crippen molar-refractivity contribution < 1.29 is 0 Å². The van der Waals surface area contributed by atoms with Gasteiger partial charge in [-0.1, -0.05) is 6.07 Å². The fourth-order valence-electron chi connectivity index (χ4n) is 1.28. The molecule has 2 aromatic rings. The van der Waals surface area contributed by atoms with Crippen molar-refractivity contribution in [1.82, 2.24) is 25.5 Å². The molecular weight excluding hydrogens is 190 g/mol. The molecule has 0 aliphatic rings. The summed E-state index contributed by atoms with van der Waals surface area (Å²) in [6.07, 6.45) is 4.17. The van der Waals surface area contributed by atoms with Crippen LogP contribution in [0.4, 0.5) is 0 Å². The maximum absolute atomic E-state index is 4.22. The summed E-state index contributed by atoms with van der Waals surface area (Å²) in [4.78, 5) is 8.25. The van der Waals surface area contributed by atoms with Crippen LogP contribution in [0.1, 0.15) is 11.5 Å². The van der Waals surface area contributed by atoms with Gasteiger partial charge in [-0.15, -0.1) is 0 Å². The van der Waals surface area contributed by atoms with E-state index in [0.717, 1.165) is 31.0 Å². The van der Waals surface area contributed by atoms with E-state index >= 15 is 0 Å². The molecule has 0 radical (unpaired) electrons. The summed E-state index contributed by atoms with van der Waals surface area (Å²) in [6.45, 7) is 1.65. The molecule has 0 bridgehead atoms. The van der Waals surface area contributed by atoms with Crippen molar-refractivity contribution in [3.05, 3.63) is 42.2 Å². The molecule has 0 aliphatic heterocycles. The van der Waals surface area contributed by atoms with Gasteiger partial charge >= 0.3 is 0 Å². The molecule has 2 heterocycles. The van der Waals surface area contributed by atoms with Crippen LogP contribution >= 0.6 is 0 Å². The first kappa shape index (κ1) is 9.79. The van der Waals surface area contributed by atoms with E-state index < -0.39 is 0 Å². The van der Waals surface area contributed by atoms with E-state index in [4.69, 9.17) is 0 Å². The molecule has 2 aromatic heterocycles. The normalized spacial score (nSPS) is 10.4. The van der Waals surface area contributed by atoms with Gasteiger partial charge in [-0.25, -0.2) is 4.98 Å². The molecule has 0 unspecified atom stereocenters. The van der Waals surface area contributed by atoms with Crippen molar-refractivity contribution in [3.63, 3.8) is 0 Å². The van der Waals surface area contributed by atoms with Crippen LogP contribution in [-0.2, 0) is 13.0 Å². The highest BCUT2D eigenvalue weighted by atomic mass is 15.2. The number of hydrogen-bond donors (Lipinski definition) is 2. The molecule has 0 saturated carbocycles. The summed E-state index contributed by atoms with van der Waals surface area (Å²) in [7, 11) is 0. The summed E-state index contributed by atoms with van der Waals surface area (Å²) in [6, 6.07) is 5.90. The van der Waals surface area contributed by atoms with Gasteiger partial charge in [-0.3, -0.25) is 10.1 Å². The zero-order valence-electron chi connectivity index (χ0n) is 8.35. The SMILES string of the molecule is c1ccc(CNCCc2ncn[nH]2)nc1. The second-order valence-corrected chi connectivity index (χ2v) is 3.18. The van der Waals surface area contributed by atoms with E-state index in [1.807, 2.05) is 18.2 Å². The zero-order valence-corrected chi connectivity index (χ0v) is 8.35. The lowest BCUT2D eigenvalue weighted by molar-refractivity contribution is 0.661. The molecule has 2 rings (SSSR count). The number of aromatic amines is 1. The van der Waals surface area contributed by atoms with Gasteiger partial charge < -0.3 is 5.32 Å². The number of nitrogens with zero attached hydrogens (tertiary/aromatic N) is 3.